The number of amides is 2. The standard InChI is InChI=1S/C14H28N2O4Se2/c1-9(2)11(7-15-13(17)19-5)21-22-12(10(3)4)8-16-14(18)20-6/h9-12H,7-8H2,1-6H3,(H,15,17)(H,16,18)/t11-,12-/m0/s1. The van der Waals surface area contributed by atoms with Crippen LogP contribution in [0.5, 0.6) is 0 Å². The summed E-state index contributed by atoms with van der Waals surface area (Å²) in [7, 11) is 2.75. The Kier molecular flexibility index (Phi) is 11.8. The Labute approximate surface area is 144 Å². The third-order valence-electron chi connectivity index (χ3n) is 3.06. The molecule has 0 heterocycles. The van der Waals surface area contributed by atoms with E-state index >= 15 is 0 Å². The number of carbonyl (C=O) groups is 2. The Morgan fingerprint density at radius 1 is 0.818 bits per heavy atom. The third kappa shape index (κ3) is 9.57. The number of hydrogen-bond acceptors (Lipinski definition) is 4. The zero-order valence-corrected chi connectivity index (χ0v) is 17.6. The quantitative estimate of drug-likeness (QED) is 0.531. The van der Waals surface area contributed by atoms with E-state index in [0.717, 1.165) is 0 Å². The Morgan fingerprint density at radius 2 is 1.14 bits per heavy atom. The summed E-state index contributed by atoms with van der Waals surface area (Å²) in [5.74, 6) is 1.03. The molecule has 0 rings (SSSR count). The molecule has 0 fully saturated rings. The first kappa shape index (κ1) is 21.6. The molecule has 22 heavy (non-hydrogen) atoms. The van der Waals surface area contributed by atoms with Gasteiger partial charge in [-0.05, 0) is 0 Å². The number of nitrogens with one attached hydrogen (secondary N) is 2. The number of ether oxygens (including phenoxy) is 2. The first-order valence-corrected chi connectivity index (χ1v) is 13.6. The summed E-state index contributed by atoms with van der Waals surface area (Å²) < 4.78 is 9.24. The van der Waals surface area contributed by atoms with E-state index in [4.69, 9.17) is 0 Å². The van der Waals surface area contributed by atoms with E-state index in [9.17, 15) is 9.59 Å². The van der Waals surface area contributed by atoms with Crippen LogP contribution >= 0.6 is 0 Å². The first-order valence-electron chi connectivity index (χ1n) is 7.27. The molecule has 0 radical (unpaired) electrons. The van der Waals surface area contributed by atoms with E-state index < -0.39 is 0 Å². The summed E-state index contributed by atoms with van der Waals surface area (Å²) in [6, 6.07) is 0. The molecule has 0 aliphatic carbocycles. The SMILES string of the molecule is COC(=O)NC[C@H]([Se][Se][C@@H](CNC(=O)OC)C(C)C)C(C)C. The molecule has 8 heteroatoms. The monoisotopic (exact) mass is 448 g/mol. The van der Waals surface area contributed by atoms with Crippen molar-refractivity contribution in [2.45, 2.75) is 37.3 Å². The molecule has 0 spiro atoms. The molecule has 2 N–H and O–H groups in total. The van der Waals surface area contributed by atoms with Crippen molar-refractivity contribution in [1.82, 2.24) is 10.6 Å². The second-order valence-corrected chi connectivity index (χ2v) is 13.0. The molecule has 0 aliphatic heterocycles. The molecule has 0 aromatic carbocycles. The van der Waals surface area contributed by atoms with Crippen LogP contribution in [0.2, 0.25) is 9.63 Å². The van der Waals surface area contributed by atoms with Crippen LogP contribution in [-0.4, -0.2) is 65.8 Å². The Hall–Kier alpha value is -0.421. The van der Waals surface area contributed by atoms with Gasteiger partial charge in [0.15, 0.2) is 0 Å². The van der Waals surface area contributed by atoms with Crippen LogP contribution in [0.1, 0.15) is 27.7 Å². The van der Waals surface area contributed by atoms with Gasteiger partial charge in [0, 0.05) is 0 Å². The summed E-state index contributed by atoms with van der Waals surface area (Å²) in [6.45, 7) is 10.0. The van der Waals surface area contributed by atoms with Crippen molar-refractivity contribution in [3.63, 3.8) is 0 Å². The maximum absolute atomic E-state index is 11.2. The second kappa shape index (κ2) is 12.1. The average molecular weight is 446 g/mol. The van der Waals surface area contributed by atoms with Crippen molar-refractivity contribution < 1.29 is 19.1 Å². The van der Waals surface area contributed by atoms with Crippen LogP contribution in [-0.2, 0) is 9.47 Å². The molecule has 0 bridgehead atoms. The fourth-order valence-corrected chi connectivity index (χ4v) is 13.0. The second-order valence-electron chi connectivity index (χ2n) is 5.50. The van der Waals surface area contributed by atoms with Crippen molar-refractivity contribution in [2.75, 3.05) is 27.3 Å². The van der Waals surface area contributed by atoms with E-state index in [2.05, 4.69) is 47.8 Å². The van der Waals surface area contributed by atoms with Crippen LogP contribution < -0.4 is 10.6 Å². The van der Waals surface area contributed by atoms with E-state index in [1.165, 1.54) is 14.2 Å². The van der Waals surface area contributed by atoms with E-state index in [1.54, 1.807) is 0 Å². The van der Waals surface area contributed by atoms with Gasteiger partial charge in [0.05, 0.1) is 0 Å². The molecular weight excluding hydrogens is 418 g/mol. The van der Waals surface area contributed by atoms with Gasteiger partial charge in [-0.1, -0.05) is 0 Å². The fourth-order valence-electron chi connectivity index (χ4n) is 1.42. The van der Waals surface area contributed by atoms with Crippen molar-refractivity contribution in [3.8, 4) is 0 Å². The zero-order chi connectivity index (χ0) is 17.1. The molecular formula is C14H28N2O4Se2. The number of rotatable bonds is 9. The number of alkyl carbamates (subject to hydrolysis) is 2. The number of methoxy groups -OCH3 is 2. The van der Waals surface area contributed by atoms with Gasteiger partial charge in [-0.3, -0.25) is 0 Å². The van der Waals surface area contributed by atoms with Crippen LogP contribution in [0.15, 0.2) is 0 Å². The van der Waals surface area contributed by atoms with E-state index in [0.29, 0.717) is 60.8 Å². The zero-order valence-electron chi connectivity index (χ0n) is 14.2. The molecule has 0 unspecified atom stereocenters. The summed E-state index contributed by atoms with van der Waals surface area (Å²) in [4.78, 5) is 23.4. The Morgan fingerprint density at radius 3 is 1.36 bits per heavy atom. The third-order valence-corrected chi connectivity index (χ3v) is 13.9. The summed E-state index contributed by atoms with van der Waals surface area (Å²) in [5.41, 5.74) is 0. The van der Waals surface area contributed by atoms with Crippen LogP contribution in [0.25, 0.3) is 0 Å². The van der Waals surface area contributed by atoms with E-state index in [-0.39, 0.29) is 12.2 Å². The van der Waals surface area contributed by atoms with Crippen LogP contribution in [0, 0.1) is 11.8 Å². The fraction of sp³-hybridized carbons (Fsp3) is 0.857. The van der Waals surface area contributed by atoms with Gasteiger partial charge in [-0.25, -0.2) is 0 Å². The Balaban J connectivity index is 4.37. The molecule has 130 valence electrons. The molecule has 2 atom stereocenters. The van der Waals surface area contributed by atoms with E-state index in [1.807, 2.05) is 0 Å². The number of hydrogen-bond donors (Lipinski definition) is 2. The van der Waals surface area contributed by atoms with Gasteiger partial charge >= 0.3 is 145 Å². The van der Waals surface area contributed by atoms with Crippen molar-refractivity contribution in [3.05, 3.63) is 0 Å². The summed E-state index contributed by atoms with van der Waals surface area (Å²) in [5, 5.41) is 5.60. The molecule has 0 saturated heterocycles. The summed E-state index contributed by atoms with van der Waals surface area (Å²) in [6.07, 6.45) is -0.747. The molecule has 6 nitrogen and oxygen atoms in total. The Bertz CT molecular complexity index is 309. The van der Waals surface area contributed by atoms with Gasteiger partial charge in [-0.2, -0.15) is 0 Å². The predicted octanol–water partition coefficient (Wildman–Crippen LogP) is 1.91. The van der Waals surface area contributed by atoms with Crippen LogP contribution in [0.3, 0.4) is 0 Å². The topological polar surface area (TPSA) is 76.7 Å². The van der Waals surface area contributed by atoms with Gasteiger partial charge in [0.1, 0.15) is 0 Å². The van der Waals surface area contributed by atoms with Gasteiger partial charge in [-0.15, -0.1) is 0 Å². The molecule has 0 aliphatic rings. The van der Waals surface area contributed by atoms with Crippen molar-refractivity contribution in [1.29, 1.82) is 0 Å². The predicted molar refractivity (Wildman–Crippen MR) is 89.5 cm³/mol. The molecule has 0 aromatic heterocycles. The molecule has 0 aromatic rings. The summed E-state index contributed by atoms with van der Waals surface area (Å²) >= 11 is 0.879. The first-order chi connectivity index (χ1) is 10.3. The van der Waals surface area contributed by atoms with Gasteiger partial charge in [0.25, 0.3) is 0 Å². The van der Waals surface area contributed by atoms with Gasteiger partial charge in [0.2, 0.25) is 0 Å². The molecule has 2 amide bonds. The average Bonchev–Trinajstić information content (AvgIpc) is 2.48. The van der Waals surface area contributed by atoms with Gasteiger partial charge < -0.3 is 0 Å². The maximum atomic E-state index is 11.2. The minimum absolute atomic E-state index is 0.373. The van der Waals surface area contributed by atoms with Crippen molar-refractivity contribution in [2.24, 2.45) is 11.8 Å². The normalized spacial score (nSPS) is 13.6. The van der Waals surface area contributed by atoms with Crippen LogP contribution in [0.4, 0.5) is 9.59 Å². The van der Waals surface area contributed by atoms with Crippen molar-refractivity contribution >= 4 is 38.4 Å². The number of carbonyl (C=O) groups excluding carboxylic acids is 2. The minimum atomic E-state index is -0.373. The molecule has 0 saturated carbocycles.